The maximum Gasteiger partial charge on any atom is 0.219 e. The smallest absolute Gasteiger partial charge is 0.219 e. The van der Waals surface area contributed by atoms with E-state index in [9.17, 15) is 0 Å². The molecule has 0 amide bonds. The summed E-state index contributed by atoms with van der Waals surface area (Å²) in [6.07, 6.45) is 4.11. The SMILES string of the molecule is CC(C)(C)c1cc(-c2nccc3nc(C4=Cc5ccccc5[Si]4(C)C)oc23)cc2ccccc12. The lowest BCUT2D eigenvalue weighted by molar-refractivity contribution is 0.587. The van der Waals surface area contributed by atoms with Gasteiger partial charge in [0, 0.05) is 17.0 Å². The van der Waals surface area contributed by atoms with Crippen molar-refractivity contribution in [3.63, 3.8) is 0 Å². The molecule has 0 saturated heterocycles. The zero-order valence-corrected chi connectivity index (χ0v) is 21.3. The van der Waals surface area contributed by atoms with E-state index in [0.29, 0.717) is 0 Å². The first kappa shape index (κ1) is 21.1. The fraction of sp³-hybridized carbons (Fsp3) is 0.200. The highest BCUT2D eigenvalue weighted by Crippen LogP contribution is 2.39. The molecule has 1 aliphatic rings. The van der Waals surface area contributed by atoms with Crippen molar-refractivity contribution in [1.82, 2.24) is 9.97 Å². The molecule has 0 aliphatic carbocycles. The number of oxazole rings is 1. The van der Waals surface area contributed by atoms with Gasteiger partial charge < -0.3 is 4.42 Å². The van der Waals surface area contributed by atoms with Crippen LogP contribution in [-0.2, 0) is 5.41 Å². The molecule has 0 saturated carbocycles. The Balaban J connectivity index is 1.55. The van der Waals surface area contributed by atoms with Gasteiger partial charge in [-0.25, -0.2) is 4.98 Å². The average molecular weight is 461 g/mol. The molecular formula is C30H28N2OSi. The quantitative estimate of drug-likeness (QED) is 0.259. The largest absolute Gasteiger partial charge is 0.435 e. The van der Waals surface area contributed by atoms with Crippen LogP contribution in [0.1, 0.15) is 37.8 Å². The molecular weight excluding hydrogens is 432 g/mol. The van der Waals surface area contributed by atoms with Crippen LogP contribution in [0.15, 0.2) is 77.3 Å². The van der Waals surface area contributed by atoms with Crippen LogP contribution in [0.3, 0.4) is 0 Å². The van der Waals surface area contributed by atoms with E-state index in [0.717, 1.165) is 28.2 Å². The molecule has 0 N–H and O–H groups in total. The van der Waals surface area contributed by atoms with Gasteiger partial charge in [-0.05, 0) is 50.7 Å². The summed E-state index contributed by atoms with van der Waals surface area (Å²) in [6, 6.07) is 23.7. The molecule has 34 heavy (non-hydrogen) atoms. The van der Waals surface area contributed by atoms with Crippen LogP contribution in [0.4, 0.5) is 0 Å². The summed E-state index contributed by atoms with van der Waals surface area (Å²) < 4.78 is 6.53. The van der Waals surface area contributed by atoms with Gasteiger partial charge in [-0.2, -0.15) is 0 Å². The normalized spacial score (nSPS) is 15.0. The first-order valence-electron chi connectivity index (χ1n) is 11.8. The number of hydrogen-bond donors (Lipinski definition) is 0. The predicted octanol–water partition coefficient (Wildman–Crippen LogP) is 7.35. The Morgan fingerprint density at radius 2 is 1.65 bits per heavy atom. The Morgan fingerprint density at radius 1 is 0.882 bits per heavy atom. The van der Waals surface area contributed by atoms with Crippen molar-refractivity contribution in [2.45, 2.75) is 39.3 Å². The van der Waals surface area contributed by atoms with Gasteiger partial charge in [0.1, 0.15) is 19.3 Å². The van der Waals surface area contributed by atoms with Crippen molar-refractivity contribution in [3.8, 4) is 11.3 Å². The highest BCUT2D eigenvalue weighted by atomic mass is 28.3. The van der Waals surface area contributed by atoms with Gasteiger partial charge in [0.05, 0.1) is 0 Å². The maximum absolute atomic E-state index is 6.53. The molecule has 168 valence electrons. The summed E-state index contributed by atoms with van der Waals surface area (Å²) in [6.45, 7) is 11.5. The van der Waals surface area contributed by atoms with Crippen LogP contribution in [-0.4, -0.2) is 18.0 Å². The topological polar surface area (TPSA) is 38.9 Å². The lowest BCUT2D eigenvalue weighted by Gasteiger charge is -2.22. The first-order valence-corrected chi connectivity index (χ1v) is 14.8. The van der Waals surface area contributed by atoms with Crippen LogP contribution in [0, 0.1) is 0 Å². The molecule has 5 aromatic rings. The summed E-state index contributed by atoms with van der Waals surface area (Å²) in [5, 5.41) is 5.18. The Morgan fingerprint density at radius 3 is 2.44 bits per heavy atom. The number of fused-ring (bicyclic) bond motifs is 3. The van der Waals surface area contributed by atoms with E-state index >= 15 is 0 Å². The number of aromatic nitrogens is 2. The van der Waals surface area contributed by atoms with E-state index in [1.807, 2.05) is 12.3 Å². The third kappa shape index (κ3) is 3.17. The Hall–Kier alpha value is -3.50. The number of pyridine rings is 1. The molecule has 0 atom stereocenters. The van der Waals surface area contributed by atoms with Gasteiger partial charge in [0.25, 0.3) is 0 Å². The second kappa shape index (κ2) is 7.25. The van der Waals surface area contributed by atoms with Crippen molar-refractivity contribution < 1.29 is 4.42 Å². The minimum absolute atomic E-state index is 0.00609. The van der Waals surface area contributed by atoms with Crippen LogP contribution in [0.5, 0.6) is 0 Å². The minimum atomic E-state index is -1.88. The highest BCUT2D eigenvalue weighted by molar-refractivity contribution is 7.07. The number of benzene rings is 3. The summed E-state index contributed by atoms with van der Waals surface area (Å²) >= 11 is 0. The van der Waals surface area contributed by atoms with E-state index in [2.05, 4.69) is 101 Å². The lowest BCUT2D eigenvalue weighted by atomic mass is 9.82. The molecule has 0 fully saturated rings. The lowest BCUT2D eigenvalue weighted by Crippen LogP contribution is -2.40. The molecule has 1 aliphatic heterocycles. The number of hydrogen-bond acceptors (Lipinski definition) is 3. The molecule has 4 heteroatoms. The van der Waals surface area contributed by atoms with Gasteiger partial charge in [-0.15, -0.1) is 0 Å². The van der Waals surface area contributed by atoms with Crippen molar-refractivity contribution in [1.29, 1.82) is 0 Å². The molecule has 0 bridgehead atoms. The van der Waals surface area contributed by atoms with Gasteiger partial charge in [0.2, 0.25) is 5.89 Å². The molecule has 0 radical (unpaired) electrons. The number of nitrogens with zero attached hydrogens (tertiary/aromatic N) is 2. The van der Waals surface area contributed by atoms with Gasteiger partial charge >= 0.3 is 0 Å². The molecule has 3 nitrogen and oxygen atoms in total. The molecule has 0 unspecified atom stereocenters. The Kier molecular flexibility index (Phi) is 4.49. The van der Waals surface area contributed by atoms with Gasteiger partial charge in [-0.3, -0.25) is 4.98 Å². The molecule has 2 aromatic heterocycles. The van der Waals surface area contributed by atoms with E-state index in [-0.39, 0.29) is 5.41 Å². The van der Waals surface area contributed by atoms with Crippen LogP contribution in [0.25, 0.3) is 44.4 Å². The summed E-state index contributed by atoms with van der Waals surface area (Å²) in [5.74, 6) is 0.731. The zero-order chi connectivity index (χ0) is 23.7. The Bertz CT molecular complexity index is 1620. The number of rotatable bonds is 2. The van der Waals surface area contributed by atoms with Crippen molar-refractivity contribution in [3.05, 3.63) is 89.9 Å². The Labute approximate surface area is 201 Å². The van der Waals surface area contributed by atoms with Gasteiger partial charge in [-0.1, -0.05) is 88.5 Å². The van der Waals surface area contributed by atoms with E-state index in [1.165, 1.54) is 32.3 Å². The molecule has 3 heterocycles. The molecule has 0 spiro atoms. The monoisotopic (exact) mass is 460 g/mol. The zero-order valence-electron chi connectivity index (χ0n) is 20.3. The molecule has 6 rings (SSSR count). The molecule has 3 aromatic carbocycles. The highest BCUT2D eigenvalue weighted by Gasteiger charge is 2.38. The van der Waals surface area contributed by atoms with Crippen LogP contribution < -0.4 is 5.19 Å². The van der Waals surface area contributed by atoms with Crippen molar-refractivity contribution >= 4 is 46.4 Å². The van der Waals surface area contributed by atoms with Crippen LogP contribution in [0.2, 0.25) is 13.1 Å². The fourth-order valence-electron chi connectivity index (χ4n) is 5.25. The van der Waals surface area contributed by atoms with E-state index in [4.69, 9.17) is 14.4 Å². The van der Waals surface area contributed by atoms with Crippen LogP contribution >= 0.6 is 0 Å². The summed E-state index contributed by atoms with van der Waals surface area (Å²) in [5.41, 5.74) is 6.13. The first-order chi connectivity index (χ1) is 16.2. The predicted molar refractivity (Wildman–Crippen MR) is 145 cm³/mol. The summed E-state index contributed by atoms with van der Waals surface area (Å²) in [7, 11) is -1.88. The third-order valence-corrected chi connectivity index (χ3v) is 10.6. The maximum atomic E-state index is 6.53. The fourth-order valence-corrected chi connectivity index (χ4v) is 8.08. The van der Waals surface area contributed by atoms with Crippen molar-refractivity contribution in [2.24, 2.45) is 0 Å². The second-order valence-electron chi connectivity index (χ2n) is 10.8. The second-order valence-corrected chi connectivity index (χ2v) is 15.1. The van der Waals surface area contributed by atoms with Crippen molar-refractivity contribution in [2.75, 3.05) is 0 Å². The third-order valence-electron chi connectivity index (χ3n) is 7.09. The summed E-state index contributed by atoms with van der Waals surface area (Å²) in [4.78, 5) is 9.73. The van der Waals surface area contributed by atoms with E-state index in [1.54, 1.807) is 0 Å². The average Bonchev–Trinajstić information content (AvgIpc) is 3.36. The minimum Gasteiger partial charge on any atom is -0.435 e. The van der Waals surface area contributed by atoms with E-state index < -0.39 is 8.07 Å². The van der Waals surface area contributed by atoms with Gasteiger partial charge in [0.15, 0.2) is 5.58 Å². The standard InChI is InChI=1S/C30H28N2OSi/c1-30(2,3)23-17-21(16-19-10-6-8-12-22(19)23)27-28-24(14-15-31-27)32-29(33-28)26-18-20-11-7-9-13-25(20)34(26,4)5/h6-18H,1-5H3.